The Balaban J connectivity index is 1.45. The molecular weight excluding hydrogens is 444 g/mol. The average molecular weight is 464 g/mol. The van der Waals surface area contributed by atoms with Crippen molar-refractivity contribution in [3.05, 3.63) is 58.0 Å². The summed E-state index contributed by atoms with van der Waals surface area (Å²) in [6.45, 7) is 3.20. The molecule has 0 bridgehead atoms. The van der Waals surface area contributed by atoms with E-state index in [2.05, 4.69) is 20.1 Å². The Morgan fingerprint density at radius 3 is 2.68 bits per heavy atom. The van der Waals surface area contributed by atoms with E-state index < -0.39 is 5.82 Å². The molecule has 0 saturated carbocycles. The summed E-state index contributed by atoms with van der Waals surface area (Å²) >= 11 is 12.1. The first kappa shape index (κ1) is 21.5. The third-order valence-electron chi connectivity index (χ3n) is 4.91. The van der Waals surface area contributed by atoms with E-state index in [4.69, 9.17) is 38.4 Å². The standard InChI is InChI=1S/C21H20Cl2FN5O2/c22-15-2-3-16(24)20(23)14(15)5-8-31-18-11-17(27-28-21(18)25)13-1-4-19(26-12-13)29-6-9-30-10-7-29/h1-4,11-12H,5-10H2,(H2,25,28). The fourth-order valence-electron chi connectivity index (χ4n) is 3.22. The molecule has 0 aliphatic carbocycles. The Morgan fingerprint density at radius 2 is 1.94 bits per heavy atom. The van der Waals surface area contributed by atoms with E-state index in [-0.39, 0.29) is 17.4 Å². The maximum Gasteiger partial charge on any atom is 0.188 e. The van der Waals surface area contributed by atoms with Crippen molar-refractivity contribution in [2.75, 3.05) is 43.5 Å². The van der Waals surface area contributed by atoms with Gasteiger partial charge in [0.25, 0.3) is 0 Å². The topological polar surface area (TPSA) is 86.4 Å². The minimum atomic E-state index is -0.526. The van der Waals surface area contributed by atoms with E-state index in [9.17, 15) is 4.39 Å². The molecule has 31 heavy (non-hydrogen) atoms. The molecule has 1 aliphatic rings. The number of halogens is 3. The number of aromatic nitrogens is 3. The quantitative estimate of drug-likeness (QED) is 0.552. The molecule has 2 aromatic heterocycles. The summed E-state index contributed by atoms with van der Waals surface area (Å²) in [5.41, 5.74) is 7.75. The second kappa shape index (κ2) is 9.64. The molecule has 2 N–H and O–H groups in total. The van der Waals surface area contributed by atoms with Gasteiger partial charge in [0.2, 0.25) is 0 Å². The molecule has 0 spiro atoms. The third kappa shape index (κ3) is 4.98. The van der Waals surface area contributed by atoms with Crippen LogP contribution in [-0.2, 0) is 11.2 Å². The van der Waals surface area contributed by atoms with E-state index in [1.54, 1.807) is 12.3 Å². The SMILES string of the molecule is Nc1nnc(-c2ccc(N3CCOCC3)nc2)cc1OCCc1c(Cl)ccc(F)c1Cl. The van der Waals surface area contributed by atoms with Crippen molar-refractivity contribution in [1.29, 1.82) is 0 Å². The molecule has 1 saturated heterocycles. The van der Waals surface area contributed by atoms with E-state index in [1.807, 2.05) is 12.1 Å². The van der Waals surface area contributed by atoms with Crippen LogP contribution in [0, 0.1) is 5.82 Å². The number of nitrogen functional groups attached to an aromatic ring is 1. The molecule has 162 valence electrons. The second-order valence-corrected chi connectivity index (χ2v) is 7.69. The third-order valence-corrected chi connectivity index (χ3v) is 5.68. The zero-order valence-corrected chi connectivity index (χ0v) is 18.0. The van der Waals surface area contributed by atoms with Crippen LogP contribution in [0.5, 0.6) is 5.75 Å². The van der Waals surface area contributed by atoms with Gasteiger partial charge in [-0.3, -0.25) is 0 Å². The number of hydrogen-bond acceptors (Lipinski definition) is 7. The lowest BCUT2D eigenvalue weighted by Crippen LogP contribution is -2.36. The summed E-state index contributed by atoms with van der Waals surface area (Å²) in [5.74, 6) is 0.876. The van der Waals surface area contributed by atoms with Crippen LogP contribution in [0.1, 0.15) is 5.56 Å². The summed E-state index contributed by atoms with van der Waals surface area (Å²) in [6, 6.07) is 8.25. The van der Waals surface area contributed by atoms with E-state index >= 15 is 0 Å². The summed E-state index contributed by atoms with van der Waals surface area (Å²) < 4.78 is 24.8. The maximum absolute atomic E-state index is 13.7. The average Bonchev–Trinajstić information content (AvgIpc) is 2.80. The molecule has 0 radical (unpaired) electrons. The zero-order valence-electron chi connectivity index (χ0n) is 16.5. The smallest absolute Gasteiger partial charge is 0.188 e. The van der Waals surface area contributed by atoms with E-state index in [0.717, 1.165) is 24.5 Å². The van der Waals surface area contributed by atoms with Crippen LogP contribution in [0.3, 0.4) is 0 Å². The number of morpholine rings is 1. The largest absolute Gasteiger partial charge is 0.489 e. The van der Waals surface area contributed by atoms with Crippen LogP contribution in [-0.4, -0.2) is 48.1 Å². The van der Waals surface area contributed by atoms with E-state index in [0.29, 0.717) is 41.7 Å². The molecule has 3 heterocycles. The number of pyridine rings is 1. The number of rotatable bonds is 6. The summed E-state index contributed by atoms with van der Waals surface area (Å²) in [5, 5.41) is 8.48. The Hall–Kier alpha value is -2.68. The monoisotopic (exact) mass is 463 g/mol. The van der Waals surface area contributed by atoms with E-state index in [1.165, 1.54) is 12.1 Å². The molecule has 10 heteroatoms. The lowest BCUT2D eigenvalue weighted by molar-refractivity contribution is 0.122. The lowest BCUT2D eigenvalue weighted by atomic mass is 10.1. The van der Waals surface area contributed by atoms with Crippen LogP contribution < -0.4 is 15.4 Å². The van der Waals surface area contributed by atoms with Gasteiger partial charge in [-0.25, -0.2) is 9.37 Å². The Morgan fingerprint density at radius 1 is 1.13 bits per heavy atom. The predicted molar refractivity (Wildman–Crippen MR) is 118 cm³/mol. The number of hydrogen-bond donors (Lipinski definition) is 1. The first-order chi connectivity index (χ1) is 15.0. The van der Waals surface area contributed by atoms with Crippen LogP contribution in [0.25, 0.3) is 11.3 Å². The molecule has 4 rings (SSSR count). The van der Waals surface area contributed by atoms with Crippen molar-refractivity contribution in [3.63, 3.8) is 0 Å². The summed E-state index contributed by atoms with van der Waals surface area (Å²) in [4.78, 5) is 6.69. The Kier molecular flexibility index (Phi) is 6.70. The van der Waals surface area contributed by atoms with Crippen LogP contribution in [0.2, 0.25) is 10.0 Å². The zero-order chi connectivity index (χ0) is 21.8. The normalized spacial score (nSPS) is 14.0. The van der Waals surface area contributed by atoms with Gasteiger partial charge in [-0.2, -0.15) is 0 Å². The van der Waals surface area contributed by atoms with Gasteiger partial charge in [-0.05, 0) is 29.8 Å². The first-order valence-electron chi connectivity index (χ1n) is 9.70. The van der Waals surface area contributed by atoms with Gasteiger partial charge in [0, 0.05) is 42.4 Å². The molecule has 7 nitrogen and oxygen atoms in total. The van der Waals surface area contributed by atoms with Crippen molar-refractivity contribution in [1.82, 2.24) is 15.2 Å². The fourth-order valence-corrected chi connectivity index (χ4v) is 3.78. The molecule has 1 aliphatic heterocycles. The minimum absolute atomic E-state index is 0.0101. The van der Waals surface area contributed by atoms with Crippen molar-refractivity contribution in [2.24, 2.45) is 0 Å². The van der Waals surface area contributed by atoms with Gasteiger partial charge in [0.15, 0.2) is 11.6 Å². The van der Waals surface area contributed by atoms with Gasteiger partial charge in [0.1, 0.15) is 11.6 Å². The number of nitrogens with two attached hydrogens (primary N) is 1. The number of benzene rings is 1. The van der Waals surface area contributed by atoms with Crippen molar-refractivity contribution < 1.29 is 13.9 Å². The lowest BCUT2D eigenvalue weighted by Gasteiger charge is -2.27. The molecular formula is C21H20Cl2FN5O2. The number of nitrogens with zero attached hydrogens (tertiary/aromatic N) is 4. The first-order valence-corrected chi connectivity index (χ1v) is 10.5. The number of anilines is 2. The highest BCUT2D eigenvalue weighted by molar-refractivity contribution is 6.36. The molecule has 0 atom stereocenters. The van der Waals surface area contributed by atoms with Gasteiger partial charge < -0.3 is 20.1 Å². The number of ether oxygens (including phenoxy) is 2. The van der Waals surface area contributed by atoms with Crippen LogP contribution in [0.4, 0.5) is 16.0 Å². The van der Waals surface area contributed by atoms with Gasteiger partial charge in [-0.1, -0.05) is 23.2 Å². The molecule has 1 fully saturated rings. The molecule has 1 aromatic carbocycles. The Bertz CT molecular complexity index is 1060. The highest BCUT2D eigenvalue weighted by Crippen LogP contribution is 2.29. The summed E-state index contributed by atoms with van der Waals surface area (Å²) in [6.07, 6.45) is 2.05. The van der Waals surface area contributed by atoms with Crippen molar-refractivity contribution >= 4 is 34.8 Å². The highest BCUT2D eigenvalue weighted by atomic mass is 35.5. The van der Waals surface area contributed by atoms with Gasteiger partial charge >= 0.3 is 0 Å². The molecule has 3 aromatic rings. The highest BCUT2D eigenvalue weighted by Gasteiger charge is 2.14. The van der Waals surface area contributed by atoms with Crippen molar-refractivity contribution in [2.45, 2.75) is 6.42 Å². The second-order valence-electron chi connectivity index (χ2n) is 6.90. The maximum atomic E-state index is 13.7. The predicted octanol–water partition coefficient (Wildman–Crippen LogP) is 4.02. The van der Waals surface area contributed by atoms with Crippen LogP contribution in [0.15, 0.2) is 36.5 Å². The van der Waals surface area contributed by atoms with Gasteiger partial charge in [0.05, 0.1) is 30.5 Å². The van der Waals surface area contributed by atoms with Gasteiger partial charge in [-0.15, -0.1) is 10.2 Å². The van der Waals surface area contributed by atoms with Crippen LogP contribution >= 0.6 is 23.2 Å². The Labute approximate surface area is 188 Å². The molecule has 0 amide bonds. The summed E-state index contributed by atoms with van der Waals surface area (Å²) in [7, 11) is 0. The molecule has 0 unspecified atom stereocenters. The minimum Gasteiger partial charge on any atom is -0.489 e. The fraction of sp³-hybridized carbons (Fsp3) is 0.286. The van der Waals surface area contributed by atoms with Crippen molar-refractivity contribution in [3.8, 4) is 17.0 Å².